The number of alkyl carbamates (subject to hydrolysis) is 1. The predicted molar refractivity (Wildman–Crippen MR) is 168 cm³/mol. The Morgan fingerprint density at radius 1 is 1.07 bits per heavy atom. The molecule has 0 radical (unpaired) electrons. The summed E-state index contributed by atoms with van der Waals surface area (Å²) in [5.74, 6) is 0.576. The van der Waals surface area contributed by atoms with Gasteiger partial charge in [-0.1, -0.05) is 72.6 Å². The summed E-state index contributed by atoms with van der Waals surface area (Å²) in [4.78, 5) is 33.4. The molecule has 222 valence electrons. The predicted octanol–water partition coefficient (Wildman–Crippen LogP) is 6.28. The summed E-state index contributed by atoms with van der Waals surface area (Å²) >= 11 is 12.9. The highest BCUT2D eigenvalue weighted by atomic mass is 35.5. The van der Waals surface area contributed by atoms with Gasteiger partial charge in [0.1, 0.15) is 16.7 Å². The van der Waals surface area contributed by atoms with Crippen molar-refractivity contribution >= 4 is 46.3 Å². The maximum atomic E-state index is 14.0. The number of hydrogen-bond donors (Lipinski definition) is 1. The third-order valence-electron chi connectivity index (χ3n) is 7.64. The van der Waals surface area contributed by atoms with E-state index in [-0.39, 0.29) is 11.0 Å². The summed E-state index contributed by atoms with van der Waals surface area (Å²) in [6.07, 6.45) is 1.20. The average molecular weight is 612 g/mol. The van der Waals surface area contributed by atoms with Crippen molar-refractivity contribution in [3.63, 3.8) is 0 Å². The highest BCUT2D eigenvalue weighted by molar-refractivity contribution is 6.43. The van der Waals surface area contributed by atoms with Gasteiger partial charge in [0, 0.05) is 32.2 Å². The summed E-state index contributed by atoms with van der Waals surface area (Å²) < 4.78 is 8.75. The Bertz CT molecular complexity index is 1670. The number of nitrogens with zero attached hydrogens (tertiary/aromatic N) is 5. The smallest absolute Gasteiger partial charge is 0.407 e. The van der Waals surface area contributed by atoms with Gasteiger partial charge in [0.05, 0.1) is 16.6 Å². The van der Waals surface area contributed by atoms with Gasteiger partial charge in [-0.2, -0.15) is 10.1 Å². The zero-order chi connectivity index (χ0) is 30.2. The Morgan fingerprint density at radius 3 is 2.43 bits per heavy atom. The zero-order valence-corrected chi connectivity index (χ0v) is 26.1. The Kier molecular flexibility index (Phi) is 8.27. The number of anilines is 1. The second-order valence-corrected chi connectivity index (χ2v) is 13.0. The molecule has 1 fully saturated rings. The van der Waals surface area contributed by atoms with Gasteiger partial charge in [-0.3, -0.25) is 9.36 Å². The van der Waals surface area contributed by atoms with E-state index in [1.165, 1.54) is 0 Å². The normalized spacial score (nSPS) is 15.2. The minimum absolute atomic E-state index is 0.109. The van der Waals surface area contributed by atoms with Gasteiger partial charge < -0.3 is 15.0 Å². The lowest BCUT2D eigenvalue weighted by atomic mass is 9.80. The highest BCUT2D eigenvalue weighted by Gasteiger charge is 2.33. The van der Waals surface area contributed by atoms with Crippen molar-refractivity contribution < 1.29 is 9.53 Å². The zero-order valence-electron chi connectivity index (χ0n) is 24.6. The number of ether oxygens (including phenoxy) is 1. The number of fused-ring (bicyclic) bond motifs is 1. The van der Waals surface area contributed by atoms with Crippen molar-refractivity contribution in [1.82, 2.24) is 24.6 Å². The van der Waals surface area contributed by atoms with Gasteiger partial charge in [0.15, 0.2) is 5.65 Å². The third kappa shape index (κ3) is 6.27. The molecular formula is C31H36Cl2N6O3. The number of hydrogen-bond acceptors (Lipinski definition) is 6. The maximum Gasteiger partial charge on any atom is 0.407 e. The van der Waals surface area contributed by atoms with E-state index in [2.05, 4.69) is 17.1 Å². The van der Waals surface area contributed by atoms with Crippen LogP contribution in [0.15, 0.2) is 53.3 Å². The molecule has 2 aromatic heterocycles. The summed E-state index contributed by atoms with van der Waals surface area (Å²) in [5.41, 5.74) is 1.69. The standard InChI is InChI=1S/C31H36Cl2N6O3/c1-30(2,3)42-29(41)34-19-31(4)14-16-38(17-15-31)28-35-26-23(27(40)37(28)5)25(21-12-9-13-22(32)24(21)33)36-39(26)18-20-10-7-6-8-11-20/h6-13H,14-19H2,1-5H3,(H,34,41). The molecule has 1 aliphatic rings. The molecule has 0 atom stereocenters. The quantitative estimate of drug-likeness (QED) is 0.276. The molecule has 0 bridgehead atoms. The molecule has 1 N–H and O–H groups in total. The molecule has 0 spiro atoms. The van der Waals surface area contributed by atoms with Gasteiger partial charge >= 0.3 is 6.09 Å². The molecule has 5 rings (SSSR count). The number of piperidine rings is 1. The Labute approximate surface area is 255 Å². The van der Waals surface area contributed by atoms with Crippen LogP contribution in [0.2, 0.25) is 10.0 Å². The minimum Gasteiger partial charge on any atom is -0.444 e. The molecule has 4 aromatic rings. The van der Waals surface area contributed by atoms with Crippen LogP contribution >= 0.6 is 23.2 Å². The number of carbonyl (C=O) groups is 1. The van der Waals surface area contributed by atoms with Crippen LogP contribution in [0.25, 0.3) is 22.3 Å². The second-order valence-electron chi connectivity index (χ2n) is 12.2. The van der Waals surface area contributed by atoms with Crippen LogP contribution in [-0.2, 0) is 18.3 Å². The summed E-state index contributed by atoms with van der Waals surface area (Å²) in [7, 11) is 1.74. The summed E-state index contributed by atoms with van der Waals surface area (Å²) in [6, 6.07) is 15.2. The first-order valence-electron chi connectivity index (χ1n) is 14.0. The molecule has 1 amide bonds. The van der Waals surface area contributed by atoms with Crippen LogP contribution in [-0.4, -0.2) is 50.7 Å². The first-order valence-corrected chi connectivity index (χ1v) is 14.8. The molecule has 0 aliphatic carbocycles. The lowest BCUT2D eigenvalue weighted by Gasteiger charge is -2.40. The van der Waals surface area contributed by atoms with Crippen LogP contribution in [0.4, 0.5) is 10.7 Å². The maximum absolute atomic E-state index is 14.0. The van der Waals surface area contributed by atoms with Gasteiger partial charge in [0.2, 0.25) is 5.95 Å². The van der Waals surface area contributed by atoms with Crippen molar-refractivity contribution in [2.24, 2.45) is 12.5 Å². The number of aromatic nitrogens is 4. The minimum atomic E-state index is -0.547. The average Bonchev–Trinajstić information content (AvgIpc) is 3.29. The fourth-order valence-corrected chi connectivity index (χ4v) is 5.63. The molecule has 0 saturated carbocycles. The van der Waals surface area contributed by atoms with Gasteiger partial charge in [0.25, 0.3) is 5.56 Å². The van der Waals surface area contributed by atoms with E-state index in [1.54, 1.807) is 28.4 Å². The van der Waals surface area contributed by atoms with Crippen LogP contribution in [0, 0.1) is 5.41 Å². The number of amides is 1. The molecule has 11 heteroatoms. The number of nitrogens with one attached hydrogen (secondary N) is 1. The van der Waals surface area contributed by atoms with Gasteiger partial charge in [-0.15, -0.1) is 0 Å². The first kappa shape index (κ1) is 29.9. The van der Waals surface area contributed by atoms with E-state index in [0.717, 1.165) is 18.4 Å². The fourth-order valence-electron chi connectivity index (χ4n) is 5.24. The van der Waals surface area contributed by atoms with Gasteiger partial charge in [-0.05, 0) is 50.7 Å². The Balaban J connectivity index is 1.48. The van der Waals surface area contributed by atoms with E-state index < -0.39 is 11.7 Å². The summed E-state index contributed by atoms with van der Waals surface area (Å²) in [5, 5.41) is 8.91. The van der Waals surface area contributed by atoms with E-state index in [0.29, 0.717) is 64.5 Å². The molecule has 9 nitrogen and oxygen atoms in total. The molecule has 2 aromatic carbocycles. The highest BCUT2D eigenvalue weighted by Crippen LogP contribution is 2.37. The number of rotatable bonds is 6. The van der Waals surface area contributed by atoms with E-state index in [4.69, 9.17) is 38.0 Å². The first-order chi connectivity index (χ1) is 19.8. The largest absolute Gasteiger partial charge is 0.444 e. The van der Waals surface area contributed by atoms with Crippen LogP contribution in [0.3, 0.4) is 0 Å². The molecular weight excluding hydrogens is 575 g/mol. The third-order valence-corrected chi connectivity index (χ3v) is 8.46. The van der Waals surface area contributed by atoms with E-state index >= 15 is 0 Å². The monoisotopic (exact) mass is 610 g/mol. The van der Waals surface area contributed by atoms with Crippen molar-refractivity contribution in [1.29, 1.82) is 0 Å². The Morgan fingerprint density at radius 2 is 1.76 bits per heavy atom. The van der Waals surface area contributed by atoms with Crippen LogP contribution < -0.4 is 15.8 Å². The number of halogens is 2. The van der Waals surface area contributed by atoms with Crippen molar-refractivity contribution in [3.05, 3.63) is 74.5 Å². The number of benzene rings is 2. The van der Waals surface area contributed by atoms with Crippen molar-refractivity contribution in [2.75, 3.05) is 24.5 Å². The van der Waals surface area contributed by atoms with Crippen molar-refractivity contribution in [3.8, 4) is 11.3 Å². The molecule has 42 heavy (non-hydrogen) atoms. The topological polar surface area (TPSA) is 94.3 Å². The Hall–Kier alpha value is -3.56. The molecule has 0 unspecified atom stereocenters. The molecule has 1 aliphatic heterocycles. The van der Waals surface area contributed by atoms with E-state index in [9.17, 15) is 9.59 Å². The second kappa shape index (κ2) is 11.6. The van der Waals surface area contributed by atoms with Crippen molar-refractivity contribution in [2.45, 2.75) is 52.7 Å². The van der Waals surface area contributed by atoms with Crippen LogP contribution in [0.5, 0.6) is 0 Å². The lowest BCUT2D eigenvalue weighted by Crippen LogP contribution is -2.47. The van der Waals surface area contributed by atoms with Crippen LogP contribution in [0.1, 0.15) is 46.1 Å². The molecule has 3 heterocycles. The van der Waals surface area contributed by atoms with Gasteiger partial charge in [-0.25, -0.2) is 9.48 Å². The fraction of sp³-hybridized carbons (Fsp3) is 0.419. The number of carbonyl (C=O) groups excluding carboxylic acids is 1. The molecule has 1 saturated heterocycles. The summed E-state index contributed by atoms with van der Waals surface area (Å²) in [6.45, 7) is 10.00. The SMILES string of the molecule is Cn1c(N2CCC(C)(CNC(=O)OC(C)(C)C)CC2)nc2c(c(-c3cccc(Cl)c3Cl)nn2Cc2ccccc2)c1=O. The van der Waals surface area contributed by atoms with E-state index in [1.807, 2.05) is 57.2 Å². The lowest BCUT2D eigenvalue weighted by molar-refractivity contribution is 0.0495.